The maximum atomic E-state index is 14.2. The van der Waals surface area contributed by atoms with E-state index in [2.05, 4.69) is 13.6 Å². The highest BCUT2D eigenvalue weighted by Gasteiger charge is 2.40. The zero-order valence-electron chi connectivity index (χ0n) is 10.0. The van der Waals surface area contributed by atoms with Gasteiger partial charge in [-0.05, 0) is 12.1 Å². The maximum Gasteiger partial charge on any atom is 0.441 e. The fourth-order valence-corrected chi connectivity index (χ4v) is 7.99. The molecule has 0 spiro atoms. The number of nitrogens with zero attached hydrogens (tertiary/aromatic N) is 4. The van der Waals surface area contributed by atoms with Crippen LogP contribution < -0.4 is 4.52 Å². The topological polar surface area (TPSA) is 58.7 Å². The summed E-state index contributed by atoms with van der Waals surface area (Å²) < 4.78 is 105. The summed E-state index contributed by atoms with van der Waals surface area (Å²) in [6.07, 6.45) is 0. The van der Waals surface area contributed by atoms with Crippen LogP contribution in [0.3, 0.4) is 0 Å². The van der Waals surface area contributed by atoms with Gasteiger partial charge >= 0.3 is 31.2 Å². The van der Waals surface area contributed by atoms with Crippen molar-refractivity contribution in [2.75, 3.05) is 0 Å². The van der Waals surface area contributed by atoms with E-state index in [-0.39, 0.29) is 0 Å². The third kappa shape index (κ3) is 4.98. The van der Waals surface area contributed by atoms with Crippen molar-refractivity contribution in [3.05, 3.63) is 30.3 Å². The van der Waals surface area contributed by atoms with E-state index < -0.39 is 37.0 Å². The minimum Gasteiger partial charge on any atom is -0.419 e. The van der Waals surface area contributed by atoms with Crippen molar-refractivity contribution in [3.8, 4) is 5.75 Å². The Balaban J connectivity index is 2.64. The van der Waals surface area contributed by atoms with Gasteiger partial charge in [0, 0.05) is 0 Å². The van der Waals surface area contributed by atoms with E-state index >= 15 is 0 Å². The monoisotopic (exact) mass is 406 g/mol. The van der Waals surface area contributed by atoms with Crippen LogP contribution in [-0.2, 0) is 0 Å². The second-order valence-electron chi connectivity index (χ2n) is 3.60. The van der Waals surface area contributed by atoms with Crippen LogP contribution in [0.25, 0.3) is 0 Å². The lowest BCUT2D eigenvalue weighted by Crippen LogP contribution is -1.86. The van der Waals surface area contributed by atoms with E-state index in [1.165, 1.54) is 18.2 Å². The van der Waals surface area contributed by atoms with Crippen LogP contribution in [0.4, 0.5) is 29.4 Å². The molecule has 1 atom stereocenters. The van der Waals surface area contributed by atoms with Crippen molar-refractivity contribution in [1.29, 1.82) is 0 Å². The van der Waals surface area contributed by atoms with E-state index in [4.69, 9.17) is 0 Å². The summed E-state index contributed by atoms with van der Waals surface area (Å²) in [4.78, 5) is 0. The lowest BCUT2D eigenvalue weighted by Gasteiger charge is -2.15. The maximum absolute atomic E-state index is 14.2. The zero-order valence-corrected chi connectivity index (χ0v) is 13.6. The van der Waals surface area contributed by atoms with E-state index in [1.54, 1.807) is 9.03 Å². The summed E-state index contributed by atoms with van der Waals surface area (Å²) in [6, 6.07) is 6.23. The van der Waals surface area contributed by atoms with E-state index in [9.17, 15) is 29.4 Å². The predicted molar refractivity (Wildman–Crippen MR) is 72.2 cm³/mol. The molecule has 22 heavy (non-hydrogen) atoms. The zero-order chi connectivity index (χ0) is 16.6. The SMILES string of the molecule is FP1(F)=NP(F)(F)=NP(F)(Oc2ccccc2)=NP(F)(F)=N1. The number of benzene rings is 1. The smallest absolute Gasteiger partial charge is 0.419 e. The minimum absolute atomic E-state index is 0.409. The van der Waals surface area contributed by atoms with Gasteiger partial charge in [-0.1, -0.05) is 18.2 Å². The summed E-state index contributed by atoms with van der Waals surface area (Å²) in [5.41, 5.74) is 0. The van der Waals surface area contributed by atoms with Crippen molar-refractivity contribution in [2.24, 2.45) is 18.1 Å². The first-order valence-corrected chi connectivity index (χ1v) is 11.0. The van der Waals surface area contributed by atoms with Gasteiger partial charge < -0.3 is 4.52 Å². The highest BCUT2D eigenvalue weighted by atomic mass is 31.3. The number of halogens is 7. The average molecular weight is 406 g/mol. The molecule has 16 heteroatoms. The van der Waals surface area contributed by atoms with Crippen molar-refractivity contribution in [1.82, 2.24) is 0 Å². The van der Waals surface area contributed by atoms with Crippen LogP contribution in [0, 0.1) is 0 Å². The Morgan fingerprint density at radius 1 is 0.636 bits per heavy atom. The third-order valence-corrected chi connectivity index (χ3v) is 9.20. The van der Waals surface area contributed by atoms with Crippen LogP contribution in [0.15, 0.2) is 48.4 Å². The number of rotatable bonds is 2. The van der Waals surface area contributed by atoms with Gasteiger partial charge in [0.15, 0.2) is 0 Å². The molecule has 0 amide bonds. The first-order valence-electron chi connectivity index (χ1n) is 5.08. The normalized spacial score (nSPS) is 28.7. The second-order valence-corrected chi connectivity index (χ2v) is 10.3. The first-order chi connectivity index (χ1) is 9.91. The van der Waals surface area contributed by atoms with Crippen LogP contribution in [0.5, 0.6) is 5.75 Å². The summed E-state index contributed by atoms with van der Waals surface area (Å²) in [7, 11) is -24.4. The fraction of sp³-hybridized carbons (Fsp3) is 0. The highest BCUT2D eigenvalue weighted by Crippen LogP contribution is 2.82. The molecule has 1 aromatic carbocycles. The van der Waals surface area contributed by atoms with Crippen molar-refractivity contribution in [2.45, 2.75) is 0 Å². The molecule has 124 valence electrons. The summed E-state index contributed by atoms with van der Waals surface area (Å²) in [6.45, 7) is 0. The van der Waals surface area contributed by atoms with Gasteiger partial charge in [0.25, 0.3) is 0 Å². The molecular weight excluding hydrogens is 401 g/mol. The average Bonchev–Trinajstić information content (AvgIpc) is 2.21. The van der Waals surface area contributed by atoms with E-state index in [1.807, 2.05) is 0 Å². The largest absolute Gasteiger partial charge is 0.441 e. The van der Waals surface area contributed by atoms with Crippen LogP contribution in [0.2, 0.25) is 0 Å². The molecule has 2 rings (SSSR count). The summed E-state index contributed by atoms with van der Waals surface area (Å²) in [5.74, 6) is -0.409. The Labute approximate surface area is 120 Å². The Kier molecular flexibility index (Phi) is 4.71. The van der Waals surface area contributed by atoms with Gasteiger partial charge in [-0.25, -0.2) is 0 Å². The molecule has 1 unspecified atom stereocenters. The Morgan fingerprint density at radius 2 is 1.09 bits per heavy atom. The Morgan fingerprint density at radius 3 is 1.64 bits per heavy atom. The molecule has 0 aromatic heterocycles. The summed E-state index contributed by atoms with van der Waals surface area (Å²) >= 11 is 0. The first kappa shape index (κ1) is 17.8. The third-order valence-electron chi connectivity index (χ3n) is 1.83. The molecule has 0 fully saturated rings. The van der Waals surface area contributed by atoms with Gasteiger partial charge in [-0.3, -0.25) is 0 Å². The molecule has 0 radical (unpaired) electrons. The lowest BCUT2D eigenvalue weighted by molar-refractivity contribution is 0.549. The molecule has 0 saturated heterocycles. The molecule has 0 bridgehead atoms. The lowest BCUT2D eigenvalue weighted by atomic mass is 10.3. The summed E-state index contributed by atoms with van der Waals surface area (Å²) in [5, 5.41) is 0. The second kappa shape index (κ2) is 5.82. The predicted octanol–water partition coefficient (Wildman–Crippen LogP) is 8.65. The Hall–Kier alpha value is -0.550. The molecule has 5 nitrogen and oxygen atoms in total. The highest BCUT2D eigenvalue weighted by molar-refractivity contribution is 7.77. The minimum atomic E-state index is -6.33. The van der Waals surface area contributed by atoms with Gasteiger partial charge in [0.2, 0.25) is 0 Å². The van der Waals surface area contributed by atoms with E-state index in [0.717, 1.165) is 12.1 Å². The quantitative estimate of drug-likeness (QED) is 0.358. The molecule has 0 N–H and O–H groups in total. The fourth-order valence-electron chi connectivity index (χ4n) is 1.25. The standard InChI is InChI=1S/C6H5F7N4OP4/c7-19(8)14-20(9,10)16-22(13,17-21(11,12)15-19)18-6-4-2-1-3-5-6/h1-5H. The van der Waals surface area contributed by atoms with Crippen molar-refractivity contribution in [3.63, 3.8) is 0 Å². The van der Waals surface area contributed by atoms with Crippen LogP contribution >= 0.6 is 31.2 Å². The van der Waals surface area contributed by atoms with Crippen LogP contribution in [-0.4, -0.2) is 0 Å². The van der Waals surface area contributed by atoms with Crippen LogP contribution in [0.1, 0.15) is 0 Å². The van der Waals surface area contributed by atoms with Gasteiger partial charge in [0.1, 0.15) is 5.75 Å². The molecule has 1 aromatic rings. The van der Waals surface area contributed by atoms with Gasteiger partial charge in [-0.15, -0.1) is 47.4 Å². The number of para-hydroxylation sites is 1. The molecule has 1 aliphatic heterocycles. The Bertz CT molecular complexity index is 790. The molecule has 0 aliphatic carbocycles. The van der Waals surface area contributed by atoms with E-state index in [0.29, 0.717) is 0 Å². The molecule has 1 heterocycles. The van der Waals surface area contributed by atoms with Gasteiger partial charge in [0.05, 0.1) is 0 Å². The molecular formula is C6H5F7N4OP4. The molecule has 0 saturated carbocycles. The van der Waals surface area contributed by atoms with Crippen molar-refractivity contribution < 1.29 is 33.9 Å². The molecule has 1 aliphatic rings. The van der Waals surface area contributed by atoms with Gasteiger partial charge in [-0.2, -0.15) is 0 Å². The number of hydrogen-bond acceptors (Lipinski definition) is 5. The van der Waals surface area contributed by atoms with Crippen molar-refractivity contribution >= 4 is 31.2 Å². The number of hydrogen-bond donors (Lipinski definition) is 0.